The summed E-state index contributed by atoms with van der Waals surface area (Å²) in [6.45, 7) is 10.4. The molecule has 1 N–H and O–H groups in total. The SMILES string of the molecule is CCCC(C)N1CC=C[C@]23O[C@]4(CC)/C=C\CCCCOC(=O)[C@@H]4[C@H]2C(=O)N([C@@H](CO)C(C)C)C3C1=O. The predicted molar refractivity (Wildman–Crippen MR) is 139 cm³/mol. The van der Waals surface area contributed by atoms with Gasteiger partial charge in [-0.2, -0.15) is 0 Å². The molecule has 8 heteroatoms. The van der Waals surface area contributed by atoms with Gasteiger partial charge in [0.15, 0.2) is 0 Å². The van der Waals surface area contributed by atoms with Gasteiger partial charge in [-0.25, -0.2) is 0 Å². The number of hydrogen-bond donors (Lipinski definition) is 1. The molecule has 0 aliphatic carbocycles. The number of carbonyl (C=O) groups is 3. The van der Waals surface area contributed by atoms with Crippen LogP contribution in [0, 0.1) is 17.8 Å². The number of aliphatic hydroxyl groups is 1. The van der Waals surface area contributed by atoms with Gasteiger partial charge in [-0.05, 0) is 44.9 Å². The minimum absolute atomic E-state index is 0.0213. The summed E-state index contributed by atoms with van der Waals surface area (Å²) in [5.41, 5.74) is -2.38. The zero-order valence-corrected chi connectivity index (χ0v) is 23.0. The molecule has 0 aromatic carbocycles. The minimum Gasteiger partial charge on any atom is -0.465 e. The van der Waals surface area contributed by atoms with Gasteiger partial charge in [0.1, 0.15) is 23.2 Å². The van der Waals surface area contributed by atoms with E-state index in [9.17, 15) is 19.5 Å². The zero-order chi connectivity index (χ0) is 27.0. The summed E-state index contributed by atoms with van der Waals surface area (Å²) in [6, 6.07) is -1.57. The van der Waals surface area contributed by atoms with Crippen LogP contribution in [0.15, 0.2) is 24.3 Å². The van der Waals surface area contributed by atoms with Crippen molar-refractivity contribution in [2.45, 2.75) is 102 Å². The number of likely N-dealkylation sites (tertiary alicyclic amines) is 1. The summed E-state index contributed by atoms with van der Waals surface area (Å²) in [4.78, 5) is 45.9. The normalized spacial score (nSPS) is 36.5. The van der Waals surface area contributed by atoms with E-state index in [2.05, 4.69) is 6.92 Å². The van der Waals surface area contributed by atoms with Crippen molar-refractivity contribution < 1.29 is 29.0 Å². The molecule has 7 atom stereocenters. The first-order valence-electron chi connectivity index (χ1n) is 14.1. The third-order valence-corrected chi connectivity index (χ3v) is 8.90. The molecule has 0 aromatic rings. The molecule has 8 nitrogen and oxygen atoms in total. The van der Waals surface area contributed by atoms with Crippen molar-refractivity contribution in [2.24, 2.45) is 17.8 Å². The van der Waals surface area contributed by atoms with Crippen LogP contribution in [0.5, 0.6) is 0 Å². The number of esters is 1. The van der Waals surface area contributed by atoms with Gasteiger partial charge in [0.2, 0.25) is 11.8 Å². The number of rotatable bonds is 7. The van der Waals surface area contributed by atoms with Crippen molar-refractivity contribution in [3.63, 3.8) is 0 Å². The molecular formula is C29H44N2O6. The van der Waals surface area contributed by atoms with Crippen molar-refractivity contribution in [1.82, 2.24) is 9.80 Å². The molecule has 206 valence electrons. The lowest BCUT2D eigenvalue weighted by Gasteiger charge is -2.42. The Morgan fingerprint density at radius 2 is 1.81 bits per heavy atom. The smallest absolute Gasteiger partial charge is 0.313 e. The number of nitrogens with zero attached hydrogens (tertiary/aromatic N) is 2. The third-order valence-electron chi connectivity index (χ3n) is 8.90. The number of fused-ring (bicyclic) bond motifs is 2. The predicted octanol–water partition coefficient (Wildman–Crippen LogP) is 3.23. The highest BCUT2D eigenvalue weighted by atomic mass is 16.6. The van der Waals surface area contributed by atoms with Crippen LogP contribution in [0.1, 0.15) is 73.1 Å². The van der Waals surface area contributed by atoms with Crippen LogP contribution in [-0.4, -0.2) is 81.8 Å². The van der Waals surface area contributed by atoms with E-state index >= 15 is 0 Å². The van der Waals surface area contributed by atoms with Crippen LogP contribution in [0.4, 0.5) is 0 Å². The number of ether oxygens (including phenoxy) is 2. The Morgan fingerprint density at radius 1 is 1.05 bits per heavy atom. The van der Waals surface area contributed by atoms with Gasteiger partial charge in [0.25, 0.3) is 0 Å². The van der Waals surface area contributed by atoms with Crippen LogP contribution < -0.4 is 0 Å². The Balaban J connectivity index is 1.92. The van der Waals surface area contributed by atoms with Gasteiger partial charge in [0, 0.05) is 12.6 Å². The number of carbonyl (C=O) groups excluding carboxylic acids is 3. The van der Waals surface area contributed by atoms with E-state index < -0.39 is 41.1 Å². The molecule has 4 aliphatic heterocycles. The van der Waals surface area contributed by atoms with E-state index in [1.807, 2.05) is 56.9 Å². The molecule has 0 saturated carbocycles. The number of aliphatic hydroxyl groups excluding tert-OH is 1. The summed E-state index contributed by atoms with van der Waals surface area (Å²) >= 11 is 0. The molecule has 0 bridgehead atoms. The molecule has 4 rings (SSSR count). The minimum atomic E-state index is -1.32. The molecular weight excluding hydrogens is 472 g/mol. The average Bonchev–Trinajstić information content (AvgIpc) is 3.21. The number of amides is 2. The van der Waals surface area contributed by atoms with Crippen LogP contribution in [-0.2, 0) is 23.9 Å². The maximum Gasteiger partial charge on any atom is 0.313 e. The van der Waals surface area contributed by atoms with Crippen molar-refractivity contribution in [3.05, 3.63) is 24.3 Å². The molecule has 0 aromatic heterocycles. The Bertz CT molecular complexity index is 947. The highest BCUT2D eigenvalue weighted by Crippen LogP contribution is 2.58. The first-order valence-corrected chi connectivity index (χ1v) is 14.1. The molecule has 4 heterocycles. The van der Waals surface area contributed by atoms with E-state index in [0.29, 0.717) is 19.6 Å². The average molecular weight is 517 g/mol. The second kappa shape index (κ2) is 10.9. The van der Waals surface area contributed by atoms with Crippen LogP contribution in [0.25, 0.3) is 0 Å². The van der Waals surface area contributed by atoms with Gasteiger partial charge in [-0.15, -0.1) is 0 Å². The fraction of sp³-hybridized carbons (Fsp3) is 0.759. The number of allylic oxidation sites excluding steroid dienone is 1. The van der Waals surface area contributed by atoms with E-state index in [0.717, 1.165) is 32.1 Å². The van der Waals surface area contributed by atoms with Crippen molar-refractivity contribution >= 4 is 17.8 Å². The lowest BCUT2D eigenvalue weighted by molar-refractivity contribution is -0.164. The van der Waals surface area contributed by atoms with Gasteiger partial charge >= 0.3 is 5.97 Å². The fourth-order valence-electron chi connectivity index (χ4n) is 6.94. The second-order valence-electron chi connectivity index (χ2n) is 11.5. The van der Waals surface area contributed by atoms with Crippen LogP contribution >= 0.6 is 0 Å². The van der Waals surface area contributed by atoms with Gasteiger partial charge < -0.3 is 24.4 Å². The Labute approximate surface area is 221 Å². The quantitative estimate of drug-likeness (QED) is 0.412. The Kier molecular flexibility index (Phi) is 8.19. The monoisotopic (exact) mass is 516 g/mol. The van der Waals surface area contributed by atoms with E-state index in [4.69, 9.17) is 9.47 Å². The molecule has 1 spiro atoms. The van der Waals surface area contributed by atoms with Gasteiger partial charge in [0.05, 0.1) is 25.2 Å². The van der Waals surface area contributed by atoms with Crippen molar-refractivity contribution in [2.75, 3.05) is 19.8 Å². The maximum absolute atomic E-state index is 14.4. The summed E-state index contributed by atoms with van der Waals surface area (Å²) in [7, 11) is 0. The highest BCUT2D eigenvalue weighted by Gasteiger charge is 2.76. The number of hydrogen-bond acceptors (Lipinski definition) is 6. The van der Waals surface area contributed by atoms with Crippen molar-refractivity contribution in [3.8, 4) is 0 Å². The van der Waals surface area contributed by atoms with Gasteiger partial charge in [-0.3, -0.25) is 14.4 Å². The summed E-state index contributed by atoms with van der Waals surface area (Å²) in [6.07, 6.45) is 12.5. The summed E-state index contributed by atoms with van der Waals surface area (Å²) in [5.74, 6) is -2.84. The molecule has 0 radical (unpaired) electrons. The molecule has 2 saturated heterocycles. The van der Waals surface area contributed by atoms with Crippen LogP contribution in [0.2, 0.25) is 0 Å². The first kappa shape index (κ1) is 27.8. The molecule has 2 amide bonds. The summed E-state index contributed by atoms with van der Waals surface area (Å²) in [5, 5.41) is 10.4. The lowest BCUT2D eigenvalue weighted by Crippen LogP contribution is -2.60. The van der Waals surface area contributed by atoms with E-state index in [-0.39, 0.29) is 30.4 Å². The van der Waals surface area contributed by atoms with E-state index in [1.165, 1.54) is 0 Å². The zero-order valence-electron chi connectivity index (χ0n) is 23.0. The topological polar surface area (TPSA) is 96.4 Å². The standard InChI is InChI=1S/C29H44N2O6/c1-6-13-20(5)30-16-12-15-29-22(25(33)31(24(29)26(30)34)21(18-32)19(3)4)23-27(35)36-17-11-9-8-10-14-28(23,7-2)37-29/h10,12,14-15,19-24,32H,6-9,11,13,16-18H2,1-5H3/b14-10-/t20?,21-,22-,23-,24?,28+,29-/m0/s1. The number of cyclic esters (lactones) is 1. The first-order chi connectivity index (χ1) is 17.7. The highest BCUT2D eigenvalue weighted by molar-refractivity contribution is 5.99. The fourth-order valence-corrected chi connectivity index (χ4v) is 6.94. The Morgan fingerprint density at radius 3 is 2.46 bits per heavy atom. The molecule has 37 heavy (non-hydrogen) atoms. The maximum atomic E-state index is 14.4. The lowest BCUT2D eigenvalue weighted by atomic mass is 9.73. The molecule has 4 aliphatic rings. The molecule has 2 fully saturated rings. The van der Waals surface area contributed by atoms with Gasteiger partial charge in [-0.1, -0.05) is 58.4 Å². The third kappa shape index (κ3) is 4.44. The van der Waals surface area contributed by atoms with E-state index in [1.54, 1.807) is 4.90 Å². The Hall–Kier alpha value is -2.19. The summed E-state index contributed by atoms with van der Waals surface area (Å²) < 4.78 is 12.7. The molecule has 2 unspecified atom stereocenters. The van der Waals surface area contributed by atoms with Crippen LogP contribution in [0.3, 0.4) is 0 Å². The largest absolute Gasteiger partial charge is 0.465 e. The van der Waals surface area contributed by atoms with Crippen molar-refractivity contribution in [1.29, 1.82) is 0 Å². The second-order valence-corrected chi connectivity index (χ2v) is 11.5.